The molecule has 0 radical (unpaired) electrons. The molecular weight excluding hydrogens is 352 g/mol. The first-order chi connectivity index (χ1) is 12.3. The molecule has 1 fully saturated rings. The fourth-order valence-corrected chi connectivity index (χ4v) is 3.16. The molecule has 1 saturated carbocycles. The summed E-state index contributed by atoms with van der Waals surface area (Å²) in [5.41, 5.74) is 0. The van der Waals surface area contributed by atoms with Crippen LogP contribution < -0.4 is 9.47 Å². The van der Waals surface area contributed by atoms with Gasteiger partial charge in [-0.25, -0.2) is 0 Å². The normalized spacial score (nSPS) is 20.8. The van der Waals surface area contributed by atoms with Crippen LogP contribution in [0.25, 0.3) is 0 Å². The van der Waals surface area contributed by atoms with Crippen molar-refractivity contribution in [3.63, 3.8) is 0 Å². The molecule has 2 rings (SSSR count). The van der Waals surface area contributed by atoms with Gasteiger partial charge in [-0.15, -0.1) is 0 Å². The molecule has 0 atom stereocenters. The van der Waals surface area contributed by atoms with Gasteiger partial charge in [0, 0.05) is 0 Å². The van der Waals surface area contributed by atoms with Gasteiger partial charge < -0.3 is 9.47 Å². The molecule has 0 unspecified atom stereocenters. The topological polar surface area (TPSA) is 35.5 Å². The summed E-state index contributed by atoms with van der Waals surface area (Å²) < 4.78 is 59.1. The van der Waals surface area contributed by atoms with E-state index in [4.69, 9.17) is 4.74 Å². The molecule has 0 aromatic heterocycles. The Morgan fingerprint density at radius 1 is 1.12 bits per heavy atom. The number of benzene rings is 1. The Kier molecular flexibility index (Phi) is 7.29. The first kappa shape index (κ1) is 20.5. The first-order valence-electron chi connectivity index (χ1n) is 8.98. The summed E-state index contributed by atoms with van der Waals surface area (Å²) in [4.78, 5) is 12.2. The predicted octanol–water partition coefficient (Wildman–Crippen LogP) is 5.83. The fraction of sp³-hybridized carbons (Fsp3) is 0.632. The van der Waals surface area contributed by atoms with E-state index in [9.17, 15) is 22.4 Å². The monoisotopic (exact) mass is 376 g/mol. The number of rotatable bonds is 8. The number of hydrogen-bond acceptors (Lipinski definition) is 3. The van der Waals surface area contributed by atoms with Crippen molar-refractivity contribution in [2.75, 3.05) is 0 Å². The van der Waals surface area contributed by atoms with Gasteiger partial charge in [-0.1, -0.05) is 26.2 Å². The summed E-state index contributed by atoms with van der Waals surface area (Å²) in [5, 5.41) is 0. The standard InChI is InChI=1S/C19H24F4O3/c1-2-3-4-13-5-7-14(8-6-13)17(24)25-15-9-11-16(12-10-15)26-19(22,23)18(20)21/h9-14,18H,2-8H2,1H3/t13-,14-. The average molecular weight is 376 g/mol. The molecule has 1 aliphatic carbocycles. The van der Waals surface area contributed by atoms with Gasteiger partial charge in [0.15, 0.2) is 0 Å². The molecule has 0 heterocycles. The van der Waals surface area contributed by atoms with Crippen molar-refractivity contribution in [2.45, 2.75) is 64.4 Å². The summed E-state index contributed by atoms with van der Waals surface area (Å²) in [5.74, 6) is -0.0771. The molecule has 0 N–H and O–H groups in total. The molecule has 0 bridgehead atoms. The lowest BCUT2D eigenvalue weighted by Crippen LogP contribution is -2.33. The van der Waals surface area contributed by atoms with Crippen LogP contribution in [0.3, 0.4) is 0 Å². The minimum absolute atomic E-state index is 0.160. The molecular formula is C19H24F4O3. The zero-order valence-electron chi connectivity index (χ0n) is 14.7. The molecule has 0 spiro atoms. The Morgan fingerprint density at radius 3 is 2.23 bits per heavy atom. The summed E-state index contributed by atoms with van der Waals surface area (Å²) in [7, 11) is 0. The predicted molar refractivity (Wildman–Crippen MR) is 88.6 cm³/mol. The van der Waals surface area contributed by atoms with Crippen molar-refractivity contribution in [3.8, 4) is 11.5 Å². The number of halogens is 4. The van der Waals surface area contributed by atoms with E-state index >= 15 is 0 Å². The molecule has 0 amide bonds. The van der Waals surface area contributed by atoms with Gasteiger partial charge in [0.2, 0.25) is 0 Å². The van der Waals surface area contributed by atoms with Crippen molar-refractivity contribution in [3.05, 3.63) is 24.3 Å². The maximum Gasteiger partial charge on any atom is 0.461 e. The second-order valence-electron chi connectivity index (χ2n) is 6.72. The van der Waals surface area contributed by atoms with Crippen LogP contribution in [0.2, 0.25) is 0 Å². The van der Waals surface area contributed by atoms with Crippen LogP contribution in [0.15, 0.2) is 24.3 Å². The third-order valence-electron chi connectivity index (χ3n) is 4.70. The molecule has 1 aromatic rings. The van der Waals surface area contributed by atoms with Gasteiger partial charge in [0.05, 0.1) is 5.92 Å². The molecule has 0 saturated heterocycles. The van der Waals surface area contributed by atoms with Gasteiger partial charge in [-0.3, -0.25) is 4.79 Å². The van der Waals surface area contributed by atoms with E-state index in [1.165, 1.54) is 31.4 Å². The lowest BCUT2D eigenvalue weighted by atomic mass is 9.80. The van der Waals surface area contributed by atoms with E-state index in [0.29, 0.717) is 5.92 Å². The smallest absolute Gasteiger partial charge is 0.428 e. The number of carbonyl (C=O) groups excluding carboxylic acids is 1. The van der Waals surface area contributed by atoms with Gasteiger partial charge in [0.25, 0.3) is 0 Å². The van der Waals surface area contributed by atoms with Crippen molar-refractivity contribution >= 4 is 5.97 Å². The van der Waals surface area contributed by atoms with E-state index in [1.54, 1.807) is 0 Å². The number of ether oxygens (including phenoxy) is 2. The first-order valence-corrected chi connectivity index (χ1v) is 8.98. The van der Waals surface area contributed by atoms with Crippen LogP contribution in [0.1, 0.15) is 51.9 Å². The van der Waals surface area contributed by atoms with Crippen LogP contribution in [0, 0.1) is 11.8 Å². The summed E-state index contributed by atoms with van der Waals surface area (Å²) in [6, 6.07) is 4.64. The van der Waals surface area contributed by atoms with Crippen molar-refractivity contribution < 1.29 is 31.8 Å². The Balaban J connectivity index is 1.82. The molecule has 1 aromatic carbocycles. The number of alkyl halides is 4. The lowest BCUT2D eigenvalue weighted by molar-refractivity contribution is -0.253. The Hall–Kier alpha value is -1.79. The summed E-state index contributed by atoms with van der Waals surface area (Å²) >= 11 is 0. The van der Waals surface area contributed by atoms with Gasteiger partial charge >= 0.3 is 18.5 Å². The summed E-state index contributed by atoms with van der Waals surface area (Å²) in [6.07, 6.45) is -1.32. The van der Waals surface area contributed by atoms with E-state index in [0.717, 1.165) is 37.8 Å². The molecule has 26 heavy (non-hydrogen) atoms. The number of carbonyl (C=O) groups is 1. The van der Waals surface area contributed by atoms with E-state index in [-0.39, 0.29) is 17.6 Å². The maximum atomic E-state index is 12.8. The third kappa shape index (κ3) is 5.88. The lowest BCUT2D eigenvalue weighted by Gasteiger charge is -2.27. The zero-order chi connectivity index (χ0) is 19.2. The highest BCUT2D eigenvalue weighted by Crippen LogP contribution is 2.33. The van der Waals surface area contributed by atoms with E-state index in [2.05, 4.69) is 11.7 Å². The van der Waals surface area contributed by atoms with Crippen molar-refractivity contribution in [2.24, 2.45) is 11.8 Å². The van der Waals surface area contributed by atoms with E-state index in [1.807, 2.05) is 0 Å². The van der Waals surface area contributed by atoms with Crippen molar-refractivity contribution in [1.82, 2.24) is 0 Å². The third-order valence-corrected chi connectivity index (χ3v) is 4.70. The Morgan fingerprint density at radius 2 is 1.69 bits per heavy atom. The van der Waals surface area contributed by atoms with Crippen LogP contribution in [-0.4, -0.2) is 18.5 Å². The molecule has 146 valence electrons. The highest BCUT2D eigenvalue weighted by atomic mass is 19.3. The number of hydrogen-bond donors (Lipinski definition) is 0. The van der Waals surface area contributed by atoms with Crippen molar-refractivity contribution in [1.29, 1.82) is 0 Å². The number of esters is 1. The molecule has 7 heteroatoms. The van der Waals surface area contributed by atoms with Gasteiger partial charge in [-0.2, -0.15) is 17.6 Å². The number of unbranched alkanes of at least 4 members (excludes halogenated alkanes) is 1. The fourth-order valence-electron chi connectivity index (χ4n) is 3.16. The second-order valence-corrected chi connectivity index (χ2v) is 6.72. The second kappa shape index (κ2) is 9.24. The summed E-state index contributed by atoms with van der Waals surface area (Å²) in [6.45, 7) is 2.16. The maximum absolute atomic E-state index is 12.8. The van der Waals surface area contributed by atoms with Crippen LogP contribution >= 0.6 is 0 Å². The molecule has 3 nitrogen and oxygen atoms in total. The highest BCUT2D eigenvalue weighted by Gasteiger charge is 2.43. The Labute approximate surface area is 150 Å². The minimum Gasteiger partial charge on any atom is -0.428 e. The van der Waals surface area contributed by atoms with Crippen LogP contribution in [0.5, 0.6) is 11.5 Å². The highest BCUT2D eigenvalue weighted by molar-refractivity contribution is 5.75. The zero-order valence-corrected chi connectivity index (χ0v) is 14.7. The largest absolute Gasteiger partial charge is 0.461 e. The quantitative estimate of drug-likeness (QED) is 0.326. The van der Waals surface area contributed by atoms with E-state index < -0.39 is 18.3 Å². The minimum atomic E-state index is -4.56. The molecule has 0 aliphatic heterocycles. The van der Waals surface area contributed by atoms with Gasteiger partial charge in [0.1, 0.15) is 11.5 Å². The van der Waals surface area contributed by atoms with Crippen LogP contribution in [0.4, 0.5) is 17.6 Å². The average Bonchev–Trinajstić information content (AvgIpc) is 2.61. The van der Waals surface area contributed by atoms with Crippen LogP contribution in [-0.2, 0) is 4.79 Å². The Bertz CT molecular complexity index is 567. The SMILES string of the molecule is CCCC[C@H]1CC[C@H](C(=O)Oc2ccc(OC(F)(F)C(F)F)cc2)CC1. The molecule has 1 aliphatic rings. The van der Waals surface area contributed by atoms with Gasteiger partial charge in [-0.05, 0) is 55.9 Å².